The van der Waals surface area contributed by atoms with Crippen molar-refractivity contribution in [1.82, 2.24) is 0 Å². The number of carbonyl (C=O) groups is 1. The van der Waals surface area contributed by atoms with Crippen molar-refractivity contribution in [2.24, 2.45) is 0 Å². The van der Waals surface area contributed by atoms with Crippen LogP contribution in [0.4, 0.5) is 0 Å². The topological polar surface area (TPSA) is 26.3 Å². The zero-order valence-corrected chi connectivity index (χ0v) is 8.44. The van der Waals surface area contributed by atoms with Crippen molar-refractivity contribution in [3.8, 4) is 5.75 Å². The molecule has 14 heavy (non-hydrogen) atoms. The van der Waals surface area contributed by atoms with Crippen molar-refractivity contribution in [2.75, 3.05) is 0 Å². The van der Waals surface area contributed by atoms with E-state index in [1.54, 1.807) is 6.08 Å². The summed E-state index contributed by atoms with van der Waals surface area (Å²) in [4.78, 5) is 10.1. The minimum absolute atomic E-state index is 0.167. The number of carbonyl (C=O) groups excluding carboxylic acids is 1. The third kappa shape index (κ3) is 3.44. The zero-order chi connectivity index (χ0) is 10.4. The summed E-state index contributed by atoms with van der Waals surface area (Å²) < 4.78 is 5.51. The second-order valence-electron chi connectivity index (χ2n) is 3.23. The molecule has 0 aliphatic rings. The summed E-state index contributed by atoms with van der Waals surface area (Å²) in [6, 6.07) is 7.63. The fourth-order valence-corrected chi connectivity index (χ4v) is 1.11. The van der Waals surface area contributed by atoms with Gasteiger partial charge in [-0.15, -0.1) is 0 Å². The summed E-state index contributed by atoms with van der Waals surface area (Å²) in [6.45, 7) is 3.96. The lowest BCUT2D eigenvalue weighted by Crippen LogP contribution is -2.05. The van der Waals surface area contributed by atoms with Crippen molar-refractivity contribution in [3.63, 3.8) is 0 Å². The third-order valence-electron chi connectivity index (χ3n) is 1.60. The van der Waals surface area contributed by atoms with E-state index in [9.17, 15) is 4.79 Å². The third-order valence-corrected chi connectivity index (χ3v) is 1.60. The quantitative estimate of drug-likeness (QED) is 0.539. The van der Waals surface area contributed by atoms with Gasteiger partial charge in [0.05, 0.1) is 6.10 Å². The maximum absolute atomic E-state index is 10.1. The Morgan fingerprint density at radius 2 is 2.14 bits per heavy atom. The largest absolute Gasteiger partial charge is 0.491 e. The molecule has 0 N–H and O–H groups in total. The van der Waals surface area contributed by atoms with E-state index in [0.29, 0.717) is 0 Å². The van der Waals surface area contributed by atoms with Gasteiger partial charge in [-0.1, -0.05) is 18.2 Å². The highest BCUT2D eigenvalue weighted by Crippen LogP contribution is 2.15. The number of allylic oxidation sites excluding steroid dienone is 1. The second kappa shape index (κ2) is 5.22. The molecule has 0 saturated heterocycles. The normalized spacial score (nSPS) is 10.8. The Bertz CT molecular complexity index is 327. The van der Waals surface area contributed by atoms with Gasteiger partial charge in [0, 0.05) is 0 Å². The standard InChI is InChI=1S/C12H14O2/c1-10(2)14-12-7-3-5-11(9-12)6-4-8-13/h3-10H,1-2H3/b6-4+. The van der Waals surface area contributed by atoms with Crippen molar-refractivity contribution in [3.05, 3.63) is 35.9 Å². The van der Waals surface area contributed by atoms with Gasteiger partial charge in [-0.2, -0.15) is 0 Å². The lowest BCUT2D eigenvalue weighted by atomic mass is 10.2. The molecule has 0 unspecified atom stereocenters. The second-order valence-corrected chi connectivity index (χ2v) is 3.23. The van der Waals surface area contributed by atoms with E-state index < -0.39 is 0 Å². The van der Waals surface area contributed by atoms with E-state index >= 15 is 0 Å². The molecule has 1 rings (SSSR count). The van der Waals surface area contributed by atoms with Gasteiger partial charge in [-0.25, -0.2) is 0 Å². The van der Waals surface area contributed by atoms with Crippen LogP contribution in [0.1, 0.15) is 19.4 Å². The van der Waals surface area contributed by atoms with Crippen LogP contribution in [0.25, 0.3) is 6.08 Å². The van der Waals surface area contributed by atoms with Crippen LogP contribution in [0.5, 0.6) is 5.75 Å². The number of hydrogen-bond donors (Lipinski definition) is 0. The van der Waals surface area contributed by atoms with Crippen molar-refractivity contribution < 1.29 is 9.53 Å². The lowest BCUT2D eigenvalue weighted by molar-refractivity contribution is -0.104. The van der Waals surface area contributed by atoms with Gasteiger partial charge in [-0.3, -0.25) is 4.79 Å². The first-order valence-electron chi connectivity index (χ1n) is 4.61. The minimum atomic E-state index is 0.167. The Kier molecular flexibility index (Phi) is 3.92. The number of rotatable bonds is 4. The predicted octanol–water partition coefficient (Wildman–Crippen LogP) is 2.69. The Labute approximate surface area is 84.2 Å². The summed E-state index contributed by atoms with van der Waals surface area (Å²) >= 11 is 0. The molecule has 0 saturated carbocycles. The van der Waals surface area contributed by atoms with Gasteiger partial charge in [0.1, 0.15) is 12.0 Å². The van der Waals surface area contributed by atoms with Crippen molar-refractivity contribution >= 4 is 12.4 Å². The van der Waals surface area contributed by atoms with Crippen LogP contribution in [-0.2, 0) is 4.79 Å². The van der Waals surface area contributed by atoms with Crippen molar-refractivity contribution in [2.45, 2.75) is 20.0 Å². The number of hydrogen-bond acceptors (Lipinski definition) is 2. The molecule has 2 nitrogen and oxygen atoms in total. The SMILES string of the molecule is CC(C)Oc1cccc(/C=C/C=O)c1. The molecule has 74 valence electrons. The lowest BCUT2D eigenvalue weighted by Gasteiger charge is -2.09. The molecule has 0 amide bonds. The highest BCUT2D eigenvalue weighted by Gasteiger charge is 1.96. The van der Waals surface area contributed by atoms with Gasteiger partial charge in [-0.05, 0) is 37.6 Å². The van der Waals surface area contributed by atoms with E-state index in [1.165, 1.54) is 6.08 Å². The van der Waals surface area contributed by atoms with Crippen LogP contribution in [0, 0.1) is 0 Å². The van der Waals surface area contributed by atoms with E-state index in [0.717, 1.165) is 17.6 Å². The molecule has 0 aliphatic heterocycles. The summed E-state index contributed by atoms with van der Waals surface area (Å²) in [5, 5.41) is 0. The number of aldehydes is 1. The monoisotopic (exact) mass is 190 g/mol. The Morgan fingerprint density at radius 3 is 2.79 bits per heavy atom. The predicted molar refractivity (Wildman–Crippen MR) is 57.3 cm³/mol. The molecule has 0 bridgehead atoms. The molecular formula is C12H14O2. The molecule has 1 aromatic carbocycles. The first-order chi connectivity index (χ1) is 6.72. The highest BCUT2D eigenvalue weighted by atomic mass is 16.5. The molecular weight excluding hydrogens is 176 g/mol. The van der Waals surface area contributed by atoms with Gasteiger partial charge in [0.25, 0.3) is 0 Å². The molecule has 0 fully saturated rings. The van der Waals surface area contributed by atoms with Crippen LogP contribution in [-0.4, -0.2) is 12.4 Å². The average molecular weight is 190 g/mol. The van der Waals surface area contributed by atoms with E-state index in [-0.39, 0.29) is 6.10 Å². The smallest absolute Gasteiger partial charge is 0.142 e. The highest BCUT2D eigenvalue weighted by molar-refractivity contribution is 5.74. The molecule has 0 spiro atoms. The number of benzene rings is 1. The molecule has 0 aliphatic carbocycles. The summed E-state index contributed by atoms with van der Waals surface area (Å²) in [7, 11) is 0. The van der Waals surface area contributed by atoms with Crippen LogP contribution >= 0.6 is 0 Å². The molecule has 0 atom stereocenters. The fraction of sp³-hybridized carbons (Fsp3) is 0.250. The molecule has 0 radical (unpaired) electrons. The summed E-state index contributed by atoms with van der Waals surface area (Å²) in [5.41, 5.74) is 0.968. The molecule has 1 aromatic rings. The first-order valence-corrected chi connectivity index (χ1v) is 4.61. The van der Waals surface area contributed by atoms with Crippen LogP contribution in [0.3, 0.4) is 0 Å². The van der Waals surface area contributed by atoms with Crippen LogP contribution in [0.15, 0.2) is 30.3 Å². The Morgan fingerprint density at radius 1 is 1.36 bits per heavy atom. The van der Waals surface area contributed by atoms with Gasteiger partial charge in [0.15, 0.2) is 0 Å². The van der Waals surface area contributed by atoms with Gasteiger partial charge < -0.3 is 4.74 Å². The minimum Gasteiger partial charge on any atom is -0.491 e. The average Bonchev–Trinajstić information content (AvgIpc) is 2.14. The van der Waals surface area contributed by atoms with E-state index in [2.05, 4.69) is 0 Å². The Hall–Kier alpha value is -1.57. The summed E-state index contributed by atoms with van der Waals surface area (Å²) in [5.74, 6) is 0.827. The maximum atomic E-state index is 10.1. The molecule has 0 aromatic heterocycles. The first kappa shape index (κ1) is 10.5. The summed E-state index contributed by atoms with van der Waals surface area (Å²) in [6.07, 6.45) is 4.14. The molecule has 2 heteroatoms. The van der Waals surface area contributed by atoms with E-state index in [1.807, 2.05) is 38.1 Å². The maximum Gasteiger partial charge on any atom is 0.142 e. The Balaban J connectivity index is 2.78. The van der Waals surface area contributed by atoms with E-state index in [4.69, 9.17) is 4.74 Å². The van der Waals surface area contributed by atoms with Crippen LogP contribution < -0.4 is 4.74 Å². The molecule has 0 heterocycles. The zero-order valence-electron chi connectivity index (χ0n) is 8.44. The van der Waals surface area contributed by atoms with Crippen molar-refractivity contribution in [1.29, 1.82) is 0 Å². The van der Waals surface area contributed by atoms with Crippen LogP contribution in [0.2, 0.25) is 0 Å². The van der Waals surface area contributed by atoms with Gasteiger partial charge in [0.2, 0.25) is 0 Å². The van der Waals surface area contributed by atoms with Gasteiger partial charge >= 0.3 is 0 Å². The fourth-order valence-electron chi connectivity index (χ4n) is 1.11. The number of ether oxygens (including phenoxy) is 1.